The topological polar surface area (TPSA) is 38.1 Å². The molecule has 2 aromatic rings. The molecular weight excluding hydrogens is 377 g/mol. The number of hydrogen-bond acceptors (Lipinski definition) is 3. The lowest BCUT2D eigenvalue weighted by Gasteiger charge is -2.12. The third-order valence-electron chi connectivity index (χ3n) is 2.94. The Balaban J connectivity index is 2.36. The van der Waals surface area contributed by atoms with Gasteiger partial charge >= 0.3 is 0 Å². The van der Waals surface area contributed by atoms with E-state index >= 15 is 0 Å². The molecule has 0 fully saturated rings. The molecule has 0 aliphatic rings. The van der Waals surface area contributed by atoms with Gasteiger partial charge in [-0.05, 0) is 48.2 Å². The van der Waals surface area contributed by atoms with Crippen LogP contribution in [0.15, 0.2) is 28.9 Å². The van der Waals surface area contributed by atoms with Gasteiger partial charge in [0.15, 0.2) is 0 Å². The second kappa shape index (κ2) is 6.92. The smallest absolute Gasteiger partial charge is 0.213 e. The number of rotatable bonds is 5. The lowest BCUT2D eigenvalue weighted by atomic mass is 10.1. The van der Waals surface area contributed by atoms with Gasteiger partial charge in [0, 0.05) is 21.6 Å². The Morgan fingerprint density at radius 1 is 1.38 bits per heavy atom. The summed E-state index contributed by atoms with van der Waals surface area (Å²) in [6.45, 7) is 1.35. The summed E-state index contributed by atoms with van der Waals surface area (Å²) in [5.74, 6) is -0.181. The van der Waals surface area contributed by atoms with Gasteiger partial charge in [-0.1, -0.05) is 23.2 Å². The second-order valence-corrected chi connectivity index (χ2v) is 6.52. The fourth-order valence-corrected chi connectivity index (χ4v) is 2.94. The van der Waals surface area contributed by atoms with Gasteiger partial charge in [0.25, 0.3) is 0 Å². The van der Waals surface area contributed by atoms with Gasteiger partial charge in [-0.25, -0.2) is 0 Å². The maximum atomic E-state index is 12.7. The highest BCUT2D eigenvalue weighted by Crippen LogP contribution is 2.26. The zero-order valence-corrected chi connectivity index (χ0v) is 14.7. The normalized spacial score (nSPS) is 11.1. The van der Waals surface area contributed by atoms with Crippen LogP contribution in [0.2, 0.25) is 10.0 Å². The summed E-state index contributed by atoms with van der Waals surface area (Å²) in [6.07, 6.45) is 1.49. The number of carbonyl (C=O) groups is 1. The third-order valence-corrected chi connectivity index (χ3v) is 4.11. The van der Waals surface area contributed by atoms with Gasteiger partial charge < -0.3 is 4.90 Å². The van der Waals surface area contributed by atoms with Crippen molar-refractivity contribution in [2.75, 3.05) is 20.6 Å². The predicted octanol–water partition coefficient (Wildman–Crippen LogP) is 3.75. The van der Waals surface area contributed by atoms with Gasteiger partial charge in [0.2, 0.25) is 5.78 Å². The van der Waals surface area contributed by atoms with E-state index in [2.05, 4.69) is 21.0 Å². The first-order valence-corrected chi connectivity index (χ1v) is 7.81. The number of hydrogen-bond donors (Lipinski definition) is 0. The molecule has 1 heterocycles. The second-order valence-electron chi connectivity index (χ2n) is 4.82. The van der Waals surface area contributed by atoms with Gasteiger partial charge in [-0.3, -0.25) is 9.48 Å². The first-order valence-electron chi connectivity index (χ1n) is 6.26. The Kier molecular flexibility index (Phi) is 5.43. The van der Waals surface area contributed by atoms with Crippen molar-refractivity contribution >= 4 is 44.9 Å². The van der Waals surface area contributed by atoms with Crippen molar-refractivity contribution in [2.45, 2.75) is 6.54 Å². The summed E-state index contributed by atoms with van der Waals surface area (Å²) in [5.41, 5.74) is 0.898. The molecule has 1 aromatic heterocycles. The van der Waals surface area contributed by atoms with Crippen molar-refractivity contribution in [3.63, 3.8) is 0 Å². The summed E-state index contributed by atoms with van der Waals surface area (Å²) in [5, 5.41) is 5.09. The number of aromatic nitrogens is 2. The van der Waals surface area contributed by atoms with Gasteiger partial charge in [-0.15, -0.1) is 0 Å². The van der Waals surface area contributed by atoms with Crippen molar-refractivity contribution in [2.24, 2.45) is 0 Å². The molecule has 2 rings (SSSR count). The number of likely N-dealkylation sites (N-methyl/N-ethyl adjacent to an activating group) is 1. The molecule has 0 saturated heterocycles. The highest BCUT2D eigenvalue weighted by Gasteiger charge is 2.21. The molecule has 0 amide bonds. The number of carbonyl (C=O) groups excluding carboxylic acids is 1. The molecule has 0 aliphatic carbocycles. The van der Waals surface area contributed by atoms with Crippen LogP contribution >= 0.6 is 39.1 Å². The van der Waals surface area contributed by atoms with Crippen LogP contribution < -0.4 is 0 Å². The molecule has 0 N–H and O–H groups in total. The molecule has 112 valence electrons. The van der Waals surface area contributed by atoms with E-state index in [0.717, 1.165) is 6.54 Å². The minimum absolute atomic E-state index is 0.181. The van der Waals surface area contributed by atoms with E-state index in [1.807, 2.05) is 19.0 Å². The first kappa shape index (κ1) is 16.5. The quantitative estimate of drug-likeness (QED) is 0.729. The monoisotopic (exact) mass is 389 g/mol. The van der Waals surface area contributed by atoms with Crippen molar-refractivity contribution in [1.82, 2.24) is 14.7 Å². The van der Waals surface area contributed by atoms with Crippen molar-refractivity contribution in [1.29, 1.82) is 0 Å². The number of nitrogens with zero attached hydrogens (tertiary/aromatic N) is 3. The Bertz CT molecular complexity index is 670. The van der Waals surface area contributed by atoms with Crippen LogP contribution in [0.4, 0.5) is 0 Å². The highest BCUT2D eigenvalue weighted by atomic mass is 79.9. The average molecular weight is 391 g/mol. The van der Waals surface area contributed by atoms with E-state index in [9.17, 15) is 4.79 Å². The maximum Gasteiger partial charge on any atom is 0.213 e. The van der Waals surface area contributed by atoms with Crippen molar-refractivity contribution in [3.05, 3.63) is 50.2 Å². The summed E-state index contributed by atoms with van der Waals surface area (Å²) in [6, 6.07) is 5.03. The molecule has 1 aromatic carbocycles. The molecule has 0 atom stereocenters. The van der Waals surface area contributed by atoms with Crippen LogP contribution in [0.5, 0.6) is 0 Å². The lowest BCUT2D eigenvalue weighted by Crippen LogP contribution is -2.21. The summed E-state index contributed by atoms with van der Waals surface area (Å²) in [7, 11) is 3.92. The average Bonchev–Trinajstić information content (AvgIpc) is 2.77. The molecule has 0 radical (unpaired) electrons. The summed E-state index contributed by atoms with van der Waals surface area (Å²) in [4.78, 5) is 14.7. The van der Waals surface area contributed by atoms with E-state index < -0.39 is 0 Å². The SMILES string of the molecule is CN(C)CCn1ncc(Cl)c1C(=O)c1ccc(Cl)cc1Br. The number of ketones is 1. The van der Waals surface area contributed by atoms with Crippen LogP contribution in [0.1, 0.15) is 16.1 Å². The fourth-order valence-electron chi connectivity index (χ4n) is 1.85. The Morgan fingerprint density at radius 2 is 2.10 bits per heavy atom. The van der Waals surface area contributed by atoms with Crippen LogP contribution in [0, 0.1) is 0 Å². The molecular formula is C14H14BrCl2N3O. The fraction of sp³-hybridized carbons (Fsp3) is 0.286. The summed E-state index contributed by atoms with van der Waals surface area (Å²) >= 11 is 15.4. The molecule has 21 heavy (non-hydrogen) atoms. The van der Waals surface area contributed by atoms with Gasteiger partial charge in [-0.2, -0.15) is 5.10 Å². The van der Waals surface area contributed by atoms with E-state index in [-0.39, 0.29) is 5.78 Å². The highest BCUT2D eigenvalue weighted by molar-refractivity contribution is 9.10. The van der Waals surface area contributed by atoms with E-state index in [0.29, 0.717) is 32.3 Å². The van der Waals surface area contributed by atoms with Gasteiger partial charge in [0.1, 0.15) is 5.69 Å². The van der Waals surface area contributed by atoms with Crippen LogP contribution in [0.25, 0.3) is 0 Å². The predicted molar refractivity (Wildman–Crippen MR) is 88.4 cm³/mol. The lowest BCUT2D eigenvalue weighted by molar-refractivity contribution is 0.102. The number of benzene rings is 1. The van der Waals surface area contributed by atoms with Crippen LogP contribution in [-0.2, 0) is 6.54 Å². The van der Waals surface area contributed by atoms with E-state index in [4.69, 9.17) is 23.2 Å². The standard InChI is InChI=1S/C14H14BrCl2N3O/c1-19(2)5-6-20-13(12(17)8-18-20)14(21)10-4-3-9(16)7-11(10)15/h3-4,7-8H,5-6H2,1-2H3. The Hall–Kier alpha value is -0.880. The van der Waals surface area contributed by atoms with Crippen molar-refractivity contribution in [3.8, 4) is 0 Å². The number of halogens is 3. The Labute approximate surface area is 141 Å². The first-order chi connectivity index (χ1) is 9.90. The van der Waals surface area contributed by atoms with Crippen LogP contribution in [0.3, 0.4) is 0 Å². The van der Waals surface area contributed by atoms with Crippen LogP contribution in [-0.4, -0.2) is 41.1 Å². The minimum atomic E-state index is -0.181. The molecule has 0 saturated carbocycles. The molecule has 0 spiro atoms. The Morgan fingerprint density at radius 3 is 2.71 bits per heavy atom. The zero-order chi connectivity index (χ0) is 15.6. The maximum absolute atomic E-state index is 12.7. The molecule has 0 aliphatic heterocycles. The van der Waals surface area contributed by atoms with Crippen molar-refractivity contribution < 1.29 is 4.79 Å². The van der Waals surface area contributed by atoms with E-state index in [1.165, 1.54) is 6.20 Å². The zero-order valence-electron chi connectivity index (χ0n) is 11.6. The molecule has 0 bridgehead atoms. The largest absolute Gasteiger partial charge is 0.308 e. The summed E-state index contributed by atoms with van der Waals surface area (Å²) < 4.78 is 2.27. The van der Waals surface area contributed by atoms with E-state index in [1.54, 1.807) is 22.9 Å². The van der Waals surface area contributed by atoms with Gasteiger partial charge in [0.05, 0.1) is 17.8 Å². The minimum Gasteiger partial charge on any atom is -0.308 e. The molecule has 7 heteroatoms. The molecule has 0 unspecified atom stereocenters. The third kappa shape index (κ3) is 3.86. The molecule has 4 nitrogen and oxygen atoms in total.